The molecular formula is C27H32N3O2+. The fourth-order valence-electron chi connectivity index (χ4n) is 4.52. The average Bonchev–Trinajstić information content (AvgIpc) is 2.82. The van der Waals surface area contributed by atoms with Gasteiger partial charge < -0.3 is 19.9 Å². The number of para-hydroxylation sites is 3. The highest BCUT2D eigenvalue weighted by Gasteiger charge is 2.34. The lowest BCUT2D eigenvalue weighted by atomic mass is 10.0. The Hall–Kier alpha value is -3.31. The van der Waals surface area contributed by atoms with E-state index in [0.29, 0.717) is 12.4 Å². The van der Waals surface area contributed by atoms with Crippen molar-refractivity contribution in [1.82, 2.24) is 0 Å². The first-order chi connectivity index (χ1) is 15.7. The Bertz CT molecular complexity index is 1030. The third-order valence-electron chi connectivity index (χ3n) is 6.11. The number of nitrogens with one attached hydrogen (secondary N) is 2. The molecule has 1 fully saturated rings. The highest BCUT2D eigenvalue weighted by atomic mass is 16.5. The maximum atomic E-state index is 13.6. The molecular weight excluding hydrogens is 398 g/mol. The summed E-state index contributed by atoms with van der Waals surface area (Å²) >= 11 is 0. The largest absolute Gasteiger partial charge is 0.492 e. The van der Waals surface area contributed by atoms with Crippen molar-refractivity contribution in [3.63, 3.8) is 0 Å². The molecule has 0 radical (unpaired) electrons. The van der Waals surface area contributed by atoms with E-state index in [4.69, 9.17) is 4.74 Å². The summed E-state index contributed by atoms with van der Waals surface area (Å²) in [7, 11) is 0. The summed E-state index contributed by atoms with van der Waals surface area (Å²) in [5, 5.41) is 3.14. The van der Waals surface area contributed by atoms with Crippen LogP contribution in [0.25, 0.3) is 0 Å². The monoisotopic (exact) mass is 430 g/mol. The van der Waals surface area contributed by atoms with E-state index in [0.717, 1.165) is 37.4 Å². The zero-order valence-corrected chi connectivity index (χ0v) is 18.9. The van der Waals surface area contributed by atoms with Crippen molar-refractivity contribution in [3.8, 4) is 5.75 Å². The molecule has 1 aliphatic rings. The second-order valence-corrected chi connectivity index (χ2v) is 8.19. The molecule has 5 nitrogen and oxygen atoms in total. The molecule has 0 aromatic heterocycles. The van der Waals surface area contributed by atoms with E-state index < -0.39 is 0 Å². The molecule has 0 spiro atoms. The van der Waals surface area contributed by atoms with Crippen LogP contribution >= 0.6 is 0 Å². The fraction of sp³-hybridized carbons (Fsp3) is 0.296. The van der Waals surface area contributed by atoms with E-state index in [1.54, 1.807) is 0 Å². The molecule has 32 heavy (non-hydrogen) atoms. The Labute approximate surface area is 190 Å². The van der Waals surface area contributed by atoms with Crippen LogP contribution in [0.1, 0.15) is 24.1 Å². The predicted molar refractivity (Wildman–Crippen MR) is 130 cm³/mol. The predicted octanol–water partition coefficient (Wildman–Crippen LogP) is 3.48. The van der Waals surface area contributed by atoms with Crippen molar-refractivity contribution < 1.29 is 14.4 Å². The Kier molecular flexibility index (Phi) is 7.07. The molecule has 0 aliphatic carbocycles. The van der Waals surface area contributed by atoms with Crippen LogP contribution in [0.15, 0.2) is 78.9 Å². The molecule has 1 amide bonds. The van der Waals surface area contributed by atoms with Crippen molar-refractivity contribution in [2.24, 2.45) is 0 Å². The number of quaternary nitrogens is 1. The van der Waals surface area contributed by atoms with Gasteiger partial charge in [0, 0.05) is 11.3 Å². The summed E-state index contributed by atoms with van der Waals surface area (Å²) in [4.78, 5) is 17.3. The minimum Gasteiger partial charge on any atom is -0.492 e. The van der Waals surface area contributed by atoms with Crippen LogP contribution in [0.3, 0.4) is 0 Å². The number of carbonyl (C=O) groups is 1. The molecule has 1 heterocycles. The summed E-state index contributed by atoms with van der Waals surface area (Å²) in [6.45, 7) is 8.30. The molecule has 3 aromatic rings. The first-order valence-electron chi connectivity index (χ1n) is 11.4. The number of carbonyl (C=O) groups excluding carboxylic acids is 1. The summed E-state index contributed by atoms with van der Waals surface area (Å²) < 4.78 is 5.71. The molecule has 0 unspecified atom stereocenters. The van der Waals surface area contributed by atoms with Gasteiger partial charge in [-0.15, -0.1) is 0 Å². The minimum atomic E-state index is -0.273. The topological polar surface area (TPSA) is 46.0 Å². The molecule has 0 saturated carbocycles. The number of aryl methyl sites for hydroxylation is 1. The Morgan fingerprint density at radius 2 is 1.62 bits per heavy atom. The summed E-state index contributed by atoms with van der Waals surface area (Å²) in [5.41, 5.74) is 4.34. The SMILES string of the molecule is CCOc1ccccc1NC(=O)[C@H](c1ccccc1)[NH+]1CCN(c2ccccc2C)CC1. The molecule has 0 bridgehead atoms. The number of hydrogen-bond donors (Lipinski definition) is 2. The highest BCUT2D eigenvalue weighted by Crippen LogP contribution is 2.25. The van der Waals surface area contributed by atoms with Crippen molar-refractivity contribution >= 4 is 17.3 Å². The van der Waals surface area contributed by atoms with Crippen molar-refractivity contribution in [2.45, 2.75) is 19.9 Å². The molecule has 1 saturated heterocycles. The number of ether oxygens (including phenoxy) is 1. The highest BCUT2D eigenvalue weighted by molar-refractivity contribution is 5.95. The van der Waals surface area contributed by atoms with E-state index in [1.807, 2.05) is 49.4 Å². The van der Waals surface area contributed by atoms with Gasteiger partial charge in [0.15, 0.2) is 6.04 Å². The van der Waals surface area contributed by atoms with Crippen LogP contribution in [0, 0.1) is 6.92 Å². The quantitative estimate of drug-likeness (QED) is 0.603. The van der Waals surface area contributed by atoms with Crippen LogP contribution in [-0.4, -0.2) is 38.7 Å². The molecule has 4 rings (SSSR count). The number of amides is 1. The van der Waals surface area contributed by atoms with Gasteiger partial charge in [0.2, 0.25) is 0 Å². The Morgan fingerprint density at radius 1 is 0.969 bits per heavy atom. The molecule has 2 N–H and O–H groups in total. The molecule has 5 heteroatoms. The van der Waals surface area contributed by atoms with E-state index in [-0.39, 0.29) is 11.9 Å². The van der Waals surface area contributed by atoms with Crippen molar-refractivity contribution in [2.75, 3.05) is 43.0 Å². The number of rotatable bonds is 7. The second-order valence-electron chi connectivity index (χ2n) is 8.19. The van der Waals surface area contributed by atoms with Crippen molar-refractivity contribution in [1.29, 1.82) is 0 Å². The smallest absolute Gasteiger partial charge is 0.287 e. The van der Waals surface area contributed by atoms with Gasteiger partial charge in [0.05, 0.1) is 38.5 Å². The number of benzene rings is 3. The van der Waals surface area contributed by atoms with E-state index in [1.165, 1.54) is 16.2 Å². The zero-order chi connectivity index (χ0) is 22.3. The van der Waals surface area contributed by atoms with Crippen LogP contribution in [0.2, 0.25) is 0 Å². The Balaban J connectivity index is 1.53. The number of nitrogens with zero attached hydrogens (tertiary/aromatic N) is 1. The molecule has 1 atom stereocenters. The van der Waals surface area contributed by atoms with Gasteiger partial charge in [-0.25, -0.2) is 0 Å². The lowest BCUT2D eigenvalue weighted by molar-refractivity contribution is -0.922. The van der Waals surface area contributed by atoms with Crippen LogP contribution in [0.5, 0.6) is 5.75 Å². The van der Waals surface area contributed by atoms with Gasteiger partial charge in [-0.1, -0.05) is 60.7 Å². The van der Waals surface area contributed by atoms with Gasteiger partial charge in [-0.05, 0) is 37.6 Å². The van der Waals surface area contributed by atoms with Crippen LogP contribution in [-0.2, 0) is 4.79 Å². The number of piperazine rings is 1. The maximum Gasteiger partial charge on any atom is 0.287 e. The molecule has 1 aliphatic heterocycles. The molecule has 166 valence electrons. The average molecular weight is 431 g/mol. The summed E-state index contributed by atoms with van der Waals surface area (Å²) in [6, 6.07) is 26.0. The standard InChI is InChI=1S/C27H31N3O2/c1-3-32-25-16-10-8-14-23(25)28-27(31)26(22-12-5-4-6-13-22)30-19-17-29(18-20-30)24-15-9-7-11-21(24)2/h4-16,26H,3,17-20H2,1-2H3,(H,28,31)/p+1/t26-/m0/s1. The van der Waals surface area contributed by atoms with Gasteiger partial charge in [0.1, 0.15) is 5.75 Å². The lowest BCUT2D eigenvalue weighted by Gasteiger charge is -2.37. The number of anilines is 2. The van der Waals surface area contributed by atoms with E-state index >= 15 is 0 Å². The van der Waals surface area contributed by atoms with Crippen LogP contribution in [0.4, 0.5) is 11.4 Å². The number of hydrogen-bond acceptors (Lipinski definition) is 3. The van der Waals surface area contributed by atoms with Crippen molar-refractivity contribution in [3.05, 3.63) is 90.0 Å². The van der Waals surface area contributed by atoms with Gasteiger partial charge >= 0.3 is 0 Å². The van der Waals surface area contributed by atoms with Gasteiger partial charge in [-0.2, -0.15) is 0 Å². The second kappa shape index (κ2) is 10.3. The maximum absolute atomic E-state index is 13.6. The summed E-state index contributed by atoms with van der Waals surface area (Å²) in [5.74, 6) is 0.706. The zero-order valence-electron chi connectivity index (χ0n) is 18.9. The van der Waals surface area contributed by atoms with Gasteiger partial charge in [0.25, 0.3) is 5.91 Å². The van der Waals surface area contributed by atoms with E-state index in [2.05, 4.69) is 53.5 Å². The first kappa shape index (κ1) is 21.9. The van der Waals surface area contributed by atoms with E-state index in [9.17, 15) is 4.79 Å². The van der Waals surface area contributed by atoms with Gasteiger partial charge in [-0.3, -0.25) is 4.79 Å². The fourth-order valence-corrected chi connectivity index (χ4v) is 4.52. The molecule has 3 aromatic carbocycles. The first-order valence-corrected chi connectivity index (χ1v) is 11.4. The third-order valence-corrected chi connectivity index (χ3v) is 6.11. The summed E-state index contributed by atoms with van der Waals surface area (Å²) in [6.07, 6.45) is 0. The minimum absolute atomic E-state index is 0.00250. The van der Waals surface area contributed by atoms with Crippen LogP contribution < -0.4 is 19.9 Å². The Morgan fingerprint density at radius 3 is 2.34 bits per heavy atom. The normalized spacial score (nSPS) is 15.2. The third kappa shape index (κ3) is 4.94. The lowest BCUT2D eigenvalue weighted by Crippen LogP contribution is -3.16.